The Morgan fingerprint density at radius 3 is 1.58 bits per heavy atom. The number of rotatable bonds is 6. The summed E-state index contributed by atoms with van der Waals surface area (Å²) in [4.78, 5) is 2.43. The highest BCUT2D eigenvalue weighted by atomic mass is 16.3. The van der Waals surface area contributed by atoms with Crippen molar-refractivity contribution >= 4 is 82.1 Å². The molecule has 0 spiro atoms. The van der Waals surface area contributed by atoms with Crippen molar-refractivity contribution in [1.29, 1.82) is 0 Å². The number of hydrogen-bond acceptors (Lipinski definition) is 2. The molecule has 2 heteroatoms. The minimum absolute atomic E-state index is 0.898. The van der Waals surface area contributed by atoms with Crippen LogP contribution in [0.25, 0.3) is 98.4 Å². The molecule has 280 valence electrons. The molecule has 0 N–H and O–H groups in total. The van der Waals surface area contributed by atoms with Gasteiger partial charge in [0.05, 0.1) is 5.69 Å². The van der Waals surface area contributed by atoms with Crippen molar-refractivity contribution in [3.05, 3.63) is 224 Å². The first-order chi connectivity index (χ1) is 29.8. The molecule has 0 radical (unpaired) electrons. The zero-order valence-electron chi connectivity index (χ0n) is 32.7. The van der Waals surface area contributed by atoms with Gasteiger partial charge >= 0.3 is 0 Å². The van der Waals surface area contributed by atoms with Crippen LogP contribution < -0.4 is 4.90 Å². The van der Waals surface area contributed by atoms with Crippen molar-refractivity contribution < 1.29 is 4.42 Å². The summed E-state index contributed by atoms with van der Waals surface area (Å²) in [6.07, 6.45) is 0. The third kappa shape index (κ3) is 5.50. The quantitative estimate of drug-likeness (QED) is 0.157. The molecule has 2 nitrogen and oxygen atoms in total. The maximum Gasteiger partial charge on any atom is 0.136 e. The maximum atomic E-state index is 6.29. The molecule has 0 amide bonds. The van der Waals surface area contributed by atoms with E-state index in [-0.39, 0.29) is 0 Å². The lowest BCUT2D eigenvalue weighted by atomic mass is 9.93. The van der Waals surface area contributed by atoms with E-state index in [0.717, 1.165) is 61.3 Å². The lowest BCUT2D eigenvalue weighted by Gasteiger charge is -2.29. The Bertz CT molecular complexity index is 3570. The number of nitrogens with zero attached hydrogens (tertiary/aromatic N) is 1. The number of hydrogen-bond donors (Lipinski definition) is 0. The van der Waals surface area contributed by atoms with Crippen LogP contribution in [0.3, 0.4) is 0 Å². The van der Waals surface area contributed by atoms with Gasteiger partial charge in [-0.2, -0.15) is 0 Å². The summed E-state index contributed by atoms with van der Waals surface area (Å²) in [6, 6.07) is 81.4. The van der Waals surface area contributed by atoms with Crippen LogP contribution >= 0.6 is 0 Å². The van der Waals surface area contributed by atoms with Crippen LogP contribution in [0.1, 0.15) is 0 Å². The molecule has 0 saturated carbocycles. The molecule has 0 bridgehead atoms. The summed E-state index contributed by atoms with van der Waals surface area (Å²) in [5, 5.41) is 12.3. The number of furan rings is 1. The van der Waals surface area contributed by atoms with Crippen LogP contribution in [0.4, 0.5) is 17.1 Å². The predicted octanol–water partition coefficient (Wildman–Crippen LogP) is 16.7. The molecule has 0 unspecified atom stereocenters. The van der Waals surface area contributed by atoms with E-state index in [4.69, 9.17) is 4.42 Å². The molecule has 0 aliphatic heterocycles. The van der Waals surface area contributed by atoms with Gasteiger partial charge in [-0.1, -0.05) is 176 Å². The summed E-state index contributed by atoms with van der Waals surface area (Å²) in [7, 11) is 0. The van der Waals surface area contributed by atoms with Gasteiger partial charge in [0.25, 0.3) is 0 Å². The van der Waals surface area contributed by atoms with E-state index in [2.05, 4.69) is 217 Å². The largest absolute Gasteiger partial charge is 0.456 e. The summed E-state index contributed by atoms with van der Waals surface area (Å²) < 4.78 is 6.29. The Hall–Kier alpha value is -7.94. The molecule has 0 aliphatic rings. The predicted molar refractivity (Wildman–Crippen MR) is 255 cm³/mol. The first-order valence-corrected chi connectivity index (χ1v) is 20.6. The van der Waals surface area contributed by atoms with Crippen molar-refractivity contribution in [2.24, 2.45) is 0 Å². The smallest absolute Gasteiger partial charge is 0.136 e. The molecule has 1 heterocycles. The van der Waals surface area contributed by atoms with E-state index in [1.54, 1.807) is 0 Å². The fourth-order valence-corrected chi connectivity index (χ4v) is 9.51. The molecular weight excluding hydrogens is 727 g/mol. The Morgan fingerprint density at radius 1 is 0.283 bits per heavy atom. The molecular formula is C58H37NO. The fourth-order valence-electron chi connectivity index (χ4n) is 9.51. The minimum Gasteiger partial charge on any atom is -0.456 e. The van der Waals surface area contributed by atoms with E-state index >= 15 is 0 Å². The van der Waals surface area contributed by atoms with Crippen LogP contribution in [-0.2, 0) is 0 Å². The SMILES string of the molecule is c1cc(-c2ccccc2N(c2ccc(-c3cccc4oc5ccccc5c34)cc2)c2ccc3c4ccccc4c4ccccc4c3c2)cc(-c2cccc3ccccc23)c1. The van der Waals surface area contributed by atoms with Crippen LogP contribution in [-0.4, -0.2) is 0 Å². The summed E-state index contributed by atoms with van der Waals surface area (Å²) in [5.41, 5.74) is 12.1. The lowest BCUT2D eigenvalue weighted by molar-refractivity contribution is 0.669. The lowest BCUT2D eigenvalue weighted by Crippen LogP contribution is -2.11. The third-order valence-corrected chi connectivity index (χ3v) is 12.2. The average Bonchev–Trinajstić information content (AvgIpc) is 3.71. The van der Waals surface area contributed by atoms with Gasteiger partial charge < -0.3 is 9.32 Å². The fraction of sp³-hybridized carbons (Fsp3) is 0. The molecule has 0 fully saturated rings. The molecule has 12 rings (SSSR count). The van der Waals surface area contributed by atoms with Gasteiger partial charge in [-0.15, -0.1) is 0 Å². The number of benzene rings is 11. The van der Waals surface area contributed by atoms with Crippen molar-refractivity contribution in [3.8, 4) is 33.4 Å². The van der Waals surface area contributed by atoms with Crippen LogP contribution in [0.2, 0.25) is 0 Å². The van der Waals surface area contributed by atoms with E-state index in [1.165, 1.54) is 54.2 Å². The number of fused-ring (bicyclic) bond motifs is 10. The minimum atomic E-state index is 0.898. The van der Waals surface area contributed by atoms with Crippen LogP contribution in [0, 0.1) is 0 Å². The van der Waals surface area contributed by atoms with E-state index in [0.29, 0.717) is 0 Å². The Balaban J connectivity index is 1.06. The second kappa shape index (κ2) is 13.9. The zero-order chi connectivity index (χ0) is 39.6. The molecule has 0 aliphatic carbocycles. The van der Waals surface area contributed by atoms with Crippen LogP contribution in [0.5, 0.6) is 0 Å². The highest BCUT2D eigenvalue weighted by Crippen LogP contribution is 2.45. The van der Waals surface area contributed by atoms with Gasteiger partial charge in [0.1, 0.15) is 11.2 Å². The van der Waals surface area contributed by atoms with Crippen molar-refractivity contribution in [2.75, 3.05) is 4.90 Å². The highest BCUT2D eigenvalue weighted by Gasteiger charge is 2.20. The number of para-hydroxylation sites is 2. The highest BCUT2D eigenvalue weighted by molar-refractivity contribution is 6.26. The first-order valence-electron chi connectivity index (χ1n) is 20.6. The second-order valence-electron chi connectivity index (χ2n) is 15.6. The molecule has 0 saturated heterocycles. The summed E-state index contributed by atoms with van der Waals surface area (Å²) in [6.45, 7) is 0. The van der Waals surface area contributed by atoms with Crippen molar-refractivity contribution in [3.63, 3.8) is 0 Å². The van der Waals surface area contributed by atoms with Gasteiger partial charge in [0, 0.05) is 27.7 Å². The van der Waals surface area contributed by atoms with Gasteiger partial charge in [0.15, 0.2) is 0 Å². The second-order valence-corrected chi connectivity index (χ2v) is 15.6. The maximum absolute atomic E-state index is 6.29. The monoisotopic (exact) mass is 763 g/mol. The molecule has 11 aromatic carbocycles. The Labute approximate surface area is 347 Å². The summed E-state index contributed by atoms with van der Waals surface area (Å²) >= 11 is 0. The zero-order valence-corrected chi connectivity index (χ0v) is 32.7. The van der Waals surface area contributed by atoms with Gasteiger partial charge in [0.2, 0.25) is 0 Å². The van der Waals surface area contributed by atoms with Gasteiger partial charge in [-0.05, 0) is 119 Å². The molecule has 60 heavy (non-hydrogen) atoms. The van der Waals surface area contributed by atoms with Gasteiger partial charge in [-0.3, -0.25) is 0 Å². The Morgan fingerprint density at radius 2 is 0.800 bits per heavy atom. The van der Waals surface area contributed by atoms with E-state index in [1.807, 2.05) is 12.1 Å². The van der Waals surface area contributed by atoms with Crippen molar-refractivity contribution in [2.45, 2.75) is 0 Å². The topological polar surface area (TPSA) is 16.4 Å². The molecule has 1 aromatic heterocycles. The molecule has 0 atom stereocenters. The van der Waals surface area contributed by atoms with Crippen molar-refractivity contribution in [1.82, 2.24) is 0 Å². The van der Waals surface area contributed by atoms with Crippen LogP contribution in [0.15, 0.2) is 229 Å². The van der Waals surface area contributed by atoms with E-state index < -0.39 is 0 Å². The third-order valence-electron chi connectivity index (χ3n) is 12.2. The number of anilines is 3. The first kappa shape index (κ1) is 34.1. The standard InChI is InChI=1S/C58H37NO/c1-2-18-44-38(14-1)15-12-25-45(44)40-16-11-17-41(36-40)46-19-7-9-27-55(46)59(43-34-35-52-50-22-4-3-20-48(50)49-21-5-6-23-51(49)54(52)37-43)42-32-30-39(31-33-42)47-26-13-29-57-58(47)53-24-8-10-28-56(53)60-57/h1-37H. The van der Waals surface area contributed by atoms with E-state index in [9.17, 15) is 0 Å². The van der Waals surface area contributed by atoms with Gasteiger partial charge in [-0.25, -0.2) is 0 Å². The average molecular weight is 764 g/mol. The Kier molecular flexibility index (Phi) is 7.89. The normalized spacial score (nSPS) is 11.7. The summed E-state index contributed by atoms with van der Waals surface area (Å²) in [5.74, 6) is 0. The molecule has 12 aromatic rings.